The maximum absolute atomic E-state index is 13.1. The number of nitrogens with zero attached hydrogens (tertiary/aromatic N) is 2. The summed E-state index contributed by atoms with van der Waals surface area (Å²) >= 11 is 0. The summed E-state index contributed by atoms with van der Waals surface area (Å²) < 4.78 is 5.13. The molecule has 29 heavy (non-hydrogen) atoms. The second kappa shape index (κ2) is 10.2. The largest absolute Gasteiger partial charge is 0.466 e. The number of ether oxygens (including phenoxy) is 1. The number of benzene rings is 2. The smallest absolute Gasteiger partial charge is 0.309 e. The fourth-order valence-corrected chi connectivity index (χ4v) is 3.94. The lowest BCUT2D eigenvalue weighted by molar-refractivity contribution is -0.149. The van der Waals surface area contributed by atoms with Crippen molar-refractivity contribution in [2.24, 2.45) is 5.92 Å². The molecule has 0 radical (unpaired) electrons. The van der Waals surface area contributed by atoms with Gasteiger partial charge in [-0.2, -0.15) is 0 Å². The van der Waals surface area contributed by atoms with E-state index in [1.807, 2.05) is 55.3 Å². The Hall–Kier alpha value is -2.66. The Labute approximate surface area is 173 Å². The van der Waals surface area contributed by atoms with E-state index in [1.54, 1.807) is 0 Å². The third-order valence-corrected chi connectivity index (χ3v) is 5.58. The zero-order valence-electron chi connectivity index (χ0n) is 17.3. The van der Waals surface area contributed by atoms with Gasteiger partial charge in [0, 0.05) is 7.05 Å². The van der Waals surface area contributed by atoms with Gasteiger partial charge in [0.25, 0.3) is 0 Å². The highest BCUT2D eigenvalue weighted by molar-refractivity contribution is 5.79. The van der Waals surface area contributed by atoms with E-state index in [-0.39, 0.29) is 23.8 Å². The molecule has 1 aliphatic heterocycles. The van der Waals surface area contributed by atoms with E-state index in [2.05, 4.69) is 29.2 Å². The van der Waals surface area contributed by atoms with E-state index in [0.29, 0.717) is 13.2 Å². The van der Waals surface area contributed by atoms with Gasteiger partial charge in [-0.1, -0.05) is 60.7 Å². The molecule has 1 aliphatic rings. The van der Waals surface area contributed by atoms with Crippen LogP contribution in [0.2, 0.25) is 0 Å². The van der Waals surface area contributed by atoms with Crippen molar-refractivity contribution in [3.63, 3.8) is 0 Å². The molecule has 2 aromatic carbocycles. The standard InChI is InChI=1S/C24H30N2O3/c1-3-29-24(28)21-14-16-26(17-15-21)18-22(27)25(2)23(19-10-6-4-7-11-19)20-12-8-5-9-13-20/h4-13,21,23H,3,14-18H2,1-2H3. The first kappa shape index (κ1) is 21.1. The number of likely N-dealkylation sites (tertiary alicyclic amines) is 1. The van der Waals surface area contributed by atoms with Gasteiger partial charge in [0.1, 0.15) is 0 Å². The van der Waals surface area contributed by atoms with Gasteiger partial charge in [0.15, 0.2) is 0 Å². The lowest BCUT2D eigenvalue weighted by Crippen LogP contribution is -2.44. The van der Waals surface area contributed by atoms with Crippen LogP contribution in [0.15, 0.2) is 60.7 Å². The van der Waals surface area contributed by atoms with Crippen molar-refractivity contribution in [3.8, 4) is 0 Å². The first-order valence-electron chi connectivity index (χ1n) is 10.3. The van der Waals surface area contributed by atoms with Crippen molar-refractivity contribution in [2.45, 2.75) is 25.8 Å². The number of carbonyl (C=O) groups is 2. The Morgan fingerprint density at radius 1 is 1.00 bits per heavy atom. The van der Waals surface area contributed by atoms with Crippen LogP contribution in [0.25, 0.3) is 0 Å². The number of piperidine rings is 1. The first-order valence-corrected chi connectivity index (χ1v) is 10.3. The van der Waals surface area contributed by atoms with E-state index < -0.39 is 0 Å². The average Bonchev–Trinajstić information content (AvgIpc) is 2.76. The molecule has 0 aromatic heterocycles. The quantitative estimate of drug-likeness (QED) is 0.675. The second-order valence-corrected chi connectivity index (χ2v) is 7.53. The number of esters is 1. The van der Waals surface area contributed by atoms with Gasteiger partial charge in [-0.05, 0) is 44.0 Å². The number of hydrogen-bond donors (Lipinski definition) is 0. The monoisotopic (exact) mass is 394 g/mol. The average molecular weight is 395 g/mol. The highest BCUT2D eigenvalue weighted by Crippen LogP contribution is 2.28. The summed E-state index contributed by atoms with van der Waals surface area (Å²) in [5.41, 5.74) is 2.19. The summed E-state index contributed by atoms with van der Waals surface area (Å²) in [6, 6.07) is 20.1. The predicted molar refractivity (Wildman–Crippen MR) is 113 cm³/mol. The number of hydrogen-bond acceptors (Lipinski definition) is 4. The van der Waals surface area contributed by atoms with Crippen molar-refractivity contribution in [1.82, 2.24) is 9.80 Å². The van der Waals surface area contributed by atoms with E-state index >= 15 is 0 Å². The summed E-state index contributed by atoms with van der Waals surface area (Å²) in [4.78, 5) is 29.0. The van der Waals surface area contributed by atoms with Crippen molar-refractivity contribution < 1.29 is 14.3 Å². The molecule has 0 atom stereocenters. The van der Waals surface area contributed by atoms with Crippen LogP contribution >= 0.6 is 0 Å². The van der Waals surface area contributed by atoms with Gasteiger partial charge >= 0.3 is 5.97 Å². The second-order valence-electron chi connectivity index (χ2n) is 7.53. The fraction of sp³-hybridized carbons (Fsp3) is 0.417. The Morgan fingerprint density at radius 2 is 1.52 bits per heavy atom. The minimum atomic E-state index is -0.123. The molecule has 1 heterocycles. The van der Waals surface area contributed by atoms with Gasteiger partial charge in [-0.15, -0.1) is 0 Å². The van der Waals surface area contributed by atoms with Gasteiger partial charge < -0.3 is 9.64 Å². The minimum absolute atomic E-state index is 0.0413. The van der Waals surface area contributed by atoms with Crippen molar-refractivity contribution >= 4 is 11.9 Å². The lowest BCUT2D eigenvalue weighted by atomic mass is 9.96. The Balaban J connectivity index is 1.65. The van der Waals surface area contributed by atoms with Gasteiger partial charge in [0.05, 0.1) is 25.1 Å². The summed E-state index contributed by atoms with van der Waals surface area (Å²) in [6.45, 7) is 4.09. The van der Waals surface area contributed by atoms with Crippen LogP contribution in [0, 0.1) is 5.92 Å². The van der Waals surface area contributed by atoms with Gasteiger partial charge in [-0.25, -0.2) is 0 Å². The van der Waals surface area contributed by atoms with Gasteiger partial charge in [-0.3, -0.25) is 14.5 Å². The molecule has 0 bridgehead atoms. The van der Waals surface area contributed by atoms with Crippen molar-refractivity contribution in [2.75, 3.05) is 33.3 Å². The Bertz CT molecular complexity index is 747. The molecular formula is C24H30N2O3. The highest BCUT2D eigenvalue weighted by atomic mass is 16.5. The molecule has 0 N–H and O–H groups in total. The van der Waals surface area contributed by atoms with Crippen LogP contribution < -0.4 is 0 Å². The molecule has 2 aromatic rings. The van der Waals surface area contributed by atoms with Crippen LogP contribution in [-0.4, -0.2) is 55.0 Å². The Kier molecular flexibility index (Phi) is 7.42. The highest BCUT2D eigenvalue weighted by Gasteiger charge is 2.29. The molecule has 3 rings (SSSR count). The summed E-state index contributed by atoms with van der Waals surface area (Å²) in [5.74, 6) is -0.0680. The third kappa shape index (κ3) is 5.45. The molecule has 1 amide bonds. The summed E-state index contributed by atoms with van der Waals surface area (Å²) in [7, 11) is 1.87. The maximum atomic E-state index is 13.1. The van der Waals surface area contributed by atoms with Gasteiger partial charge in [0.2, 0.25) is 5.91 Å². The zero-order chi connectivity index (χ0) is 20.6. The topological polar surface area (TPSA) is 49.9 Å². The fourth-order valence-electron chi connectivity index (χ4n) is 3.94. The molecule has 5 nitrogen and oxygen atoms in total. The van der Waals surface area contributed by atoms with Crippen molar-refractivity contribution in [1.29, 1.82) is 0 Å². The normalized spacial score (nSPS) is 15.3. The molecule has 5 heteroatoms. The number of likely N-dealkylation sites (N-methyl/N-ethyl adjacent to an activating group) is 1. The van der Waals surface area contributed by atoms with Crippen molar-refractivity contribution in [3.05, 3.63) is 71.8 Å². The lowest BCUT2D eigenvalue weighted by Gasteiger charge is -2.34. The van der Waals surface area contributed by atoms with Crippen LogP contribution in [0.1, 0.15) is 36.9 Å². The van der Waals surface area contributed by atoms with Crippen LogP contribution in [0.4, 0.5) is 0 Å². The summed E-state index contributed by atoms with van der Waals surface area (Å²) in [6.07, 6.45) is 1.49. The Morgan fingerprint density at radius 3 is 2.00 bits per heavy atom. The SMILES string of the molecule is CCOC(=O)C1CCN(CC(=O)N(C)C(c2ccccc2)c2ccccc2)CC1. The van der Waals surface area contributed by atoms with Crippen LogP contribution in [-0.2, 0) is 14.3 Å². The van der Waals surface area contributed by atoms with Crippen LogP contribution in [0.5, 0.6) is 0 Å². The molecule has 1 fully saturated rings. The minimum Gasteiger partial charge on any atom is -0.466 e. The predicted octanol–water partition coefficient (Wildman–Crippen LogP) is 3.51. The number of amides is 1. The zero-order valence-corrected chi connectivity index (χ0v) is 17.3. The van der Waals surface area contributed by atoms with E-state index in [1.165, 1.54) is 0 Å². The first-order chi connectivity index (χ1) is 14.1. The van der Waals surface area contributed by atoms with Crippen LogP contribution in [0.3, 0.4) is 0 Å². The molecular weight excluding hydrogens is 364 g/mol. The maximum Gasteiger partial charge on any atom is 0.309 e. The molecule has 0 unspecified atom stereocenters. The van der Waals surface area contributed by atoms with E-state index in [4.69, 9.17) is 4.74 Å². The number of carbonyl (C=O) groups excluding carboxylic acids is 2. The molecule has 0 saturated carbocycles. The molecule has 154 valence electrons. The number of rotatable bonds is 7. The third-order valence-electron chi connectivity index (χ3n) is 5.58. The molecule has 1 saturated heterocycles. The van der Waals surface area contributed by atoms with E-state index in [0.717, 1.165) is 37.1 Å². The van der Waals surface area contributed by atoms with E-state index in [9.17, 15) is 9.59 Å². The summed E-state index contributed by atoms with van der Waals surface area (Å²) in [5, 5.41) is 0. The molecule has 0 aliphatic carbocycles. The molecule has 0 spiro atoms.